The zero-order valence-electron chi connectivity index (χ0n) is 11.0. The first-order chi connectivity index (χ1) is 9.17. The molecule has 0 fully saturated rings. The lowest BCUT2D eigenvalue weighted by Crippen LogP contribution is -2.58. The molecule has 0 aromatic carbocycles. The molecule has 0 saturated carbocycles. The third kappa shape index (κ3) is 2.92. The Morgan fingerprint density at radius 3 is 2.50 bits per heavy atom. The molecular weight excluding hydrogens is 281 g/mol. The van der Waals surface area contributed by atoms with Gasteiger partial charge < -0.3 is 9.84 Å². The predicted octanol–water partition coefficient (Wildman–Crippen LogP) is 1.19. The van der Waals surface area contributed by atoms with Gasteiger partial charge >= 0.3 is 18.1 Å². The molecule has 0 aromatic heterocycles. The number of rotatable bonds is 3. The molecule has 1 N–H and O–H groups in total. The molecule has 0 unspecified atom stereocenters. The van der Waals surface area contributed by atoms with Crippen LogP contribution >= 0.6 is 0 Å². The van der Waals surface area contributed by atoms with Crippen molar-refractivity contribution in [3.8, 4) is 0 Å². The maximum Gasteiger partial charge on any atom is 0.438 e. The number of aliphatic hydroxyl groups is 1. The van der Waals surface area contributed by atoms with Gasteiger partial charge in [0.1, 0.15) is 0 Å². The number of hydrogen-bond acceptors (Lipinski definition) is 5. The van der Waals surface area contributed by atoms with Crippen molar-refractivity contribution < 1.29 is 32.6 Å². The van der Waals surface area contributed by atoms with Crippen LogP contribution in [-0.2, 0) is 14.3 Å². The van der Waals surface area contributed by atoms with E-state index in [1.165, 1.54) is 6.92 Å². The Hall–Kier alpha value is -1.64. The molecule has 1 aliphatic rings. The number of esters is 1. The molecular formula is C11H15F3N2O4. The van der Waals surface area contributed by atoms with Crippen LogP contribution in [-0.4, -0.2) is 46.2 Å². The summed E-state index contributed by atoms with van der Waals surface area (Å²) in [5, 5.41) is 12.9. The molecule has 6 nitrogen and oxygen atoms in total. The lowest BCUT2D eigenvalue weighted by molar-refractivity contribution is -0.302. The summed E-state index contributed by atoms with van der Waals surface area (Å²) >= 11 is 0. The molecule has 1 heterocycles. The number of carbonyl (C=O) groups excluding carboxylic acids is 2. The van der Waals surface area contributed by atoms with Crippen molar-refractivity contribution in [1.29, 1.82) is 0 Å². The van der Waals surface area contributed by atoms with Gasteiger partial charge in [0.15, 0.2) is 0 Å². The maximum absolute atomic E-state index is 12.9. The first kappa shape index (κ1) is 16.4. The number of amides is 1. The van der Waals surface area contributed by atoms with Crippen LogP contribution in [0.1, 0.15) is 33.1 Å². The Labute approximate surface area is 113 Å². The van der Waals surface area contributed by atoms with Crippen molar-refractivity contribution in [2.24, 2.45) is 5.10 Å². The van der Waals surface area contributed by atoms with E-state index in [4.69, 9.17) is 0 Å². The van der Waals surface area contributed by atoms with E-state index < -0.39 is 30.2 Å². The third-order valence-corrected chi connectivity index (χ3v) is 2.68. The first-order valence-electron chi connectivity index (χ1n) is 6.04. The van der Waals surface area contributed by atoms with Gasteiger partial charge in [-0.3, -0.25) is 4.79 Å². The van der Waals surface area contributed by atoms with Gasteiger partial charge in [0.2, 0.25) is 0 Å². The minimum atomic E-state index is -5.13. The molecule has 0 radical (unpaired) electrons. The molecule has 0 bridgehead atoms. The number of hydrazone groups is 1. The third-order valence-electron chi connectivity index (χ3n) is 2.68. The van der Waals surface area contributed by atoms with E-state index in [9.17, 15) is 27.9 Å². The molecule has 1 amide bonds. The van der Waals surface area contributed by atoms with Crippen LogP contribution in [0, 0.1) is 0 Å². The number of hydrogen-bond donors (Lipinski definition) is 1. The largest absolute Gasteiger partial charge is 0.459 e. The van der Waals surface area contributed by atoms with Crippen molar-refractivity contribution in [2.75, 3.05) is 6.61 Å². The summed E-state index contributed by atoms with van der Waals surface area (Å²) in [4.78, 5) is 22.9. The molecule has 9 heteroatoms. The van der Waals surface area contributed by atoms with Crippen molar-refractivity contribution >= 4 is 17.6 Å². The molecule has 1 aliphatic heterocycles. The molecule has 20 heavy (non-hydrogen) atoms. The number of carbonyl (C=O) groups is 2. The smallest absolute Gasteiger partial charge is 0.438 e. The number of alkyl halides is 3. The second-order valence-corrected chi connectivity index (χ2v) is 4.24. The second-order valence-electron chi connectivity index (χ2n) is 4.24. The highest BCUT2D eigenvalue weighted by Gasteiger charge is 2.63. The summed E-state index contributed by atoms with van der Waals surface area (Å²) in [7, 11) is 0. The molecule has 0 saturated heterocycles. The fraction of sp³-hybridized carbons (Fsp3) is 0.727. The van der Waals surface area contributed by atoms with E-state index in [1.54, 1.807) is 6.92 Å². The average Bonchev–Trinajstić information content (AvgIpc) is 2.67. The van der Waals surface area contributed by atoms with E-state index >= 15 is 0 Å². The Morgan fingerprint density at radius 1 is 1.45 bits per heavy atom. The zero-order valence-corrected chi connectivity index (χ0v) is 11.0. The van der Waals surface area contributed by atoms with Gasteiger partial charge in [-0.1, -0.05) is 13.3 Å². The number of ether oxygens (including phenoxy) is 1. The summed E-state index contributed by atoms with van der Waals surface area (Å²) in [5.74, 6) is -3.13. The summed E-state index contributed by atoms with van der Waals surface area (Å²) in [5.41, 5.74) is -3.49. The van der Waals surface area contributed by atoms with Gasteiger partial charge in [-0.05, 0) is 13.3 Å². The highest BCUT2D eigenvalue weighted by atomic mass is 19.4. The maximum atomic E-state index is 12.9. The number of nitrogens with zero attached hydrogens (tertiary/aromatic N) is 2. The van der Waals surface area contributed by atoms with Crippen LogP contribution in [0.25, 0.3) is 0 Å². The van der Waals surface area contributed by atoms with Crippen molar-refractivity contribution in [3.63, 3.8) is 0 Å². The summed E-state index contributed by atoms with van der Waals surface area (Å²) < 4.78 is 43.2. The Balaban J connectivity index is 3.09. The van der Waals surface area contributed by atoms with Crippen molar-refractivity contribution in [2.45, 2.75) is 45.0 Å². The summed E-state index contributed by atoms with van der Waals surface area (Å²) in [6, 6.07) is 0. The second kappa shape index (κ2) is 5.78. The van der Waals surface area contributed by atoms with Gasteiger partial charge in [0, 0.05) is 12.1 Å². The normalized spacial score (nSPS) is 22.7. The van der Waals surface area contributed by atoms with Gasteiger partial charge in [-0.2, -0.15) is 23.3 Å². The molecule has 0 spiro atoms. The van der Waals surface area contributed by atoms with E-state index in [2.05, 4.69) is 9.84 Å². The molecule has 1 atom stereocenters. The van der Waals surface area contributed by atoms with Gasteiger partial charge in [-0.25, -0.2) is 4.79 Å². The Kier molecular flexibility index (Phi) is 4.74. The topological polar surface area (TPSA) is 79.2 Å². The van der Waals surface area contributed by atoms with Crippen LogP contribution in [0.4, 0.5) is 13.2 Å². The number of halogens is 3. The van der Waals surface area contributed by atoms with Crippen LogP contribution in [0.3, 0.4) is 0 Å². The van der Waals surface area contributed by atoms with E-state index in [-0.39, 0.29) is 23.7 Å². The Bertz CT molecular complexity index is 436. The SMILES string of the molecule is CCCC1=NN(C(=O)C(=O)OCC)[C@](O)(C(F)(F)F)C1. The average molecular weight is 296 g/mol. The van der Waals surface area contributed by atoms with E-state index in [0.29, 0.717) is 6.42 Å². The predicted molar refractivity (Wildman–Crippen MR) is 61.4 cm³/mol. The van der Waals surface area contributed by atoms with Crippen LogP contribution in [0.5, 0.6) is 0 Å². The highest BCUT2D eigenvalue weighted by molar-refractivity contribution is 6.32. The molecule has 114 valence electrons. The van der Waals surface area contributed by atoms with Crippen LogP contribution < -0.4 is 0 Å². The van der Waals surface area contributed by atoms with Crippen LogP contribution in [0.2, 0.25) is 0 Å². The minimum absolute atomic E-state index is 0.00461. The highest BCUT2D eigenvalue weighted by Crippen LogP contribution is 2.40. The quantitative estimate of drug-likeness (QED) is 0.626. The van der Waals surface area contributed by atoms with Gasteiger partial charge in [0.05, 0.1) is 6.61 Å². The van der Waals surface area contributed by atoms with Gasteiger partial charge in [0.25, 0.3) is 5.72 Å². The summed E-state index contributed by atoms with van der Waals surface area (Å²) in [6.45, 7) is 2.94. The lowest BCUT2D eigenvalue weighted by atomic mass is 10.0. The monoisotopic (exact) mass is 296 g/mol. The van der Waals surface area contributed by atoms with Crippen molar-refractivity contribution in [3.05, 3.63) is 0 Å². The minimum Gasteiger partial charge on any atom is -0.459 e. The fourth-order valence-electron chi connectivity index (χ4n) is 1.76. The standard InChI is InChI=1S/C11H15F3N2O4/c1-3-5-7-6-10(19,11(12,13)14)16(15-7)8(17)9(18)20-4-2/h19H,3-6H2,1-2H3/t10-/m1/s1. The lowest BCUT2D eigenvalue weighted by Gasteiger charge is -2.31. The molecule has 0 aromatic rings. The van der Waals surface area contributed by atoms with Crippen LogP contribution in [0.15, 0.2) is 5.10 Å². The molecule has 1 rings (SSSR count). The zero-order chi connectivity index (χ0) is 15.6. The summed E-state index contributed by atoms with van der Waals surface area (Å²) in [6.07, 6.45) is -5.32. The van der Waals surface area contributed by atoms with E-state index in [0.717, 1.165) is 0 Å². The van der Waals surface area contributed by atoms with E-state index in [1.807, 2.05) is 0 Å². The Morgan fingerprint density at radius 2 is 2.05 bits per heavy atom. The fourth-order valence-corrected chi connectivity index (χ4v) is 1.76. The van der Waals surface area contributed by atoms with Gasteiger partial charge in [-0.15, -0.1) is 0 Å². The first-order valence-corrected chi connectivity index (χ1v) is 6.04. The van der Waals surface area contributed by atoms with Crippen molar-refractivity contribution in [1.82, 2.24) is 5.01 Å². The molecule has 0 aliphatic carbocycles.